The third-order valence-corrected chi connectivity index (χ3v) is 4.15. The van der Waals surface area contributed by atoms with Gasteiger partial charge in [0.1, 0.15) is 0 Å². The number of aryl methyl sites for hydroxylation is 1. The largest absolute Gasteiger partial charge is 0.376 e. The third kappa shape index (κ3) is 4.90. The second-order valence-corrected chi connectivity index (χ2v) is 6.02. The Hall–Kier alpha value is -2.20. The van der Waals surface area contributed by atoms with Crippen molar-refractivity contribution in [3.8, 4) is 0 Å². The van der Waals surface area contributed by atoms with Crippen molar-refractivity contribution < 1.29 is 4.79 Å². The molecule has 0 atom stereocenters. The molecule has 2 aromatic rings. The van der Waals surface area contributed by atoms with Crippen LogP contribution >= 0.6 is 11.6 Å². The second-order valence-electron chi connectivity index (χ2n) is 5.58. The highest BCUT2D eigenvalue weighted by atomic mass is 35.5. The van der Waals surface area contributed by atoms with E-state index in [0.29, 0.717) is 5.02 Å². The number of carbonyl (C=O) groups excluding carboxylic acids is 1. The van der Waals surface area contributed by atoms with E-state index in [0.717, 1.165) is 30.0 Å². The Bertz CT molecular complexity index is 682. The molecule has 128 valence electrons. The van der Waals surface area contributed by atoms with Crippen LogP contribution in [0.5, 0.6) is 0 Å². The smallest absolute Gasteiger partial charge is 0.243 e. The van der Waals surface area contributed by atoms with E-state index >= 15 is 0 Å². The van der Waals surface area contributed by atoms with Crippen molar-refractivity contribution >= 4 is 34.6 Å². The van der Waals surface area contributed by atoms with Crippen LogP contribution in [0.4, 0.5) is 17.1 Å². The van der Waals surface area contributed by atoms with Crippen LogP contribution in [-0.4, -0.2) is 25.5 Å². The van der Waals surface area contributed by atoms with Gasteiger partial charge >= 0.3 is 0 Å². The molecule has 0 aliphatic heterocycles. The zero-order valence-electron chi connectivity index (χ0n) is 14.4. The maximum Gasteiger partial charge on any atom is 0.243 e. The maximum atomic E-state index is 12.1. The van der Waals surface area contributed by atoms with E-state index in [4.69, 9.17) is 11.6 Å². The number of rotatable bonds is 7. The Labute approximate surface area is 148 Å². The van der Waals surface area contributed by atoms with E-state index in [9.17, 15) is 4.79 Å². The van der Waals surface area contributed by atoms with Gasteiger partial charge < -0.3 is 15.5 Å². The van der Waals surface area contributed by atoms with Gasteiger partial charge in [-0.25, -0.2) is 0 Å². The Morgan fingerprint density at radius 2 is 1.75 bits per heavy atom. The Morgan fingerprint density at radius 3 is 2.33 bits per heavy atom. The first kappa shape index (κ1) is 18.1. The van der Waals surface area contributed by atoms with Crippen molar-refractivity contribution in [3.05, 3.63) is 53.1 Å². The van der Waals surface area contributed by atoms with Gasteiger partial charge in [0.2, 0.25) is 5.91 Å². The number of halogens is 1. The number of carbonyl (C=O) groups is 1. The van der Waals surface area contributed by atoms with Gasteiger partial charge in [-0.15, -0.1) is 0 Å². The number of hydrogen-bond acceptors (Lipinski definition) is 3. The highest BCUT2D eigenvalue weighted by Crippen LogP contribution is 2.20. The quantitative estimate of drug-likeness (QED) is 0.774. The summed E-state index contributed by atoms with van der Waals surface area (Å²) in [5, 5.41) is 6.69. The molecule has 0 aliphatic rings. The lowest BCUT2D eigenvalue weighted by molar-refractivity contribution is -0.114. The lowest BCUT2D eigenvalue weighted by Gasteiger charge is -2.21. The molecule has 0 saturated heterocycles. The van der Waals surface area contributed by atoms with E-state index < -0.39 is 0 Å². The van der Waals surface area contributed by atoms with Gasteiger partial charge in [0.05, 0.1) is 6.54 Å². The highest BCUT2D eigenvalue weighted by molar-refractivity contribution is 6.30. The summed E-state index contributed by atoms with van der Waals surface area (Å²) in [5.74, 6) is -0.0896. The van der Waals surface area contributed by atoms with E-state index in [2.05, 4.69) is 41.5 Å². The van der Waals surface area contributed by atoms with Crippen LogP contribution in [0.15, 0.2) is 42.5 Å². The molecule has 0 heterocycles. The summed E-state index contributed by atoms with van der Waals surface area (Å²) in [4.78, 5) is 14.4. The van der Waals surface area contributed by atoms with Gasteiger partial charge in [-0.3, -0.25) is 4.79 Å². The fraction of sp³-hybridized carbons (Fsp3) is 0.316. The first-order valence-electron chi connectivity index (χ1n) is 8.18. The molecule has 0 radical (unpaired) electrons. The number of nitrogens with zero attached hydrogens (tertiary/aromatic N) is 1. The minimum absolute atomic E-state index is 0.0896. The van der Waals surface area contributed by atoms with Crippen molar-refractivity contribution in [2.75, 3.05) is 35.2 Å². The molecule has 0 spiro atoms. The van der Waals surface area contributed by atoms with Gasteiger partial charge in [-0.1, -0.05) is 11.6 Å². The highest BCUT2D eigenvalue weighted by Gasteiger charge is 2.06. The molecule has 1 amide bonds. The van der Waals surface area contributed by atoms with Crippen molar-refractivity contribution in [3.63, 3.8) is 0 Å². The van der Waals surface area contributed by atoms with Gasteiger partial charge in [0.25, 0.3) is 0 Å². The fourth-order valence-electron chi connectivity index (χ4n) is 2.52. The van der Waals surface area contributed by atoms with E-state index in [1.165, 1.54) is 5.69 Å². The topological polar surface area (TPSA) is 44.4 Å². The van der Waals surface area contributed by atoms with Gasteiger partial charge in [0.15, 0.2) is 0 Å². The number of benzene rings is 2. The predicted molar refractivity (Wildman–Crippen MR) is 103 cm³/mol. The normalized spacial score (nSPS) is 10.3. The number of anilines is 3. The average molecular weight is 346 g/mol. The summed E-state index contributed by atoms with van der Waals surface area (Å²) in [6.45, 7) is 8.36. The van der Waals surface area contributed by atoms with Gasteiger partial charge in [-0.05, 0) is 68.8 Å². The van der Waals surface area contributed by atoms with E-state index in [-0.39, 0.29) is 12.5 Å². The molecular weight excluding hydrogens is 322 g/mol. The second kappa shape index (κ2) is 8.60. The van der Waals surface area contributed by atoms with Crippen LogP contribution in [0, 0.1) is 6.92 Å². The summed E-state index contributed by atoms with van der Waals surface area (Å²) < 4.78 is 0. The molecule has 5 heteroatoms. The monoisotopic (exact) mass is 345 g/mol. The van der Waals surface area contributed by atoms with E-state index in [1.54, 1.807) is 6.07 Å². The van der Waals surface area contributed by atoms with Crippen molar-refractivity contribution in [1.29, 1.82) is 0 Å². The molecule has 0 aliphatic carbocycles. The van der Waals surface area contributed by atoms with Crippen LogP contribution in [0.25, 0.3) is 0 Å². The molecule has 2 aromatic carbocycles. The first-order valence-corrected chi connectivity index (χ1v) is 8.56. The molecule has 2 N–H and O–H groups in total. The summed E-state index contributed by atoms with van der Waals surface area (Å²) in [6, 6.07) is 13.5. The lowest BCUT2D eigenvalue weighted by Crippen LogP contribution is -2.23. The SMILES string of the molecule is CCN(CC)c1ccc(NCC(=O)Nc2ccc(Cl)cc2C)cc1. The van der Waals surface area contributed by atoms with Crippen LogP contribution < -0.4 is 15.5 Å². The summed E-state index contributed by atoms with van der Waals surface area (Å²) in [6.07, 6.45) is 0. The molecule has 0 aromatic heterocycles. The first-order chi connectivity index (χ1) is 11.5. The average Bonchev–Trinajstić information content (AvgIpc) is 2.58. The maximum absolute atomic E-state index is 12.1. The van der Waals surface area contributed by atoms with Crippen molar-refractivity contribution in [2.24, 2.45) is 0 Å². The van der Waals surface area contributed by atoms with Crippen LogP contribution in [0.3, 0.4) is 0 Å². The zero-order chi connectivity index (χ0) is 17.5. The van der Waals surface area contributed by atoms with Crippen LogP contribution in [-0.2, 0) is 4.79 Å². The molecule has 24 heavy (non-hydrogen) atoms. The van der Waals surface area contributed by atoms with Crippen LogP contribution in [0.2, 0.25) is 5.02 Å². The third-order valence-electron chi connectivity index (χ3n) is 3.91. The summed E-state index contributed by atoms with van der Waals surface area (Å²) >= 11 is 5.92. The van der Waals surface area contributed by atoms with Gasteiger partial charge in [0, 0.05) is 35.2 Å². The Kier molecular flexibility index (Phi) is 6.50. The molecule has 4 nitrogen and oxygen atoms in total. The zero-order valence-corrected chi connectivity index (χ0v) is 15.2. The molecular formula is C19H24ClN3O. The number of amides is 1. The van der Waals surface area contributed by atoms with Crippen molar-refractivity contribution in [2.45, 2.75) is 20.8 Å². The van der Waals surface area contributed by atoms with E-state index in [1.807, 2.05) is 31.2 Å². The Balaban J connectivity index is 1.89. The predicted octanol–water partition coefficient (Wildman–Crippen LogP) is 4.55. The number of nitrogens with one attached hydrogen (secondary N) is 2. The molecule has 0 bridgehead atoms. The summed E-state index contributed by atoms with van der Waals surface area (Å²) in [5.41, 5.74) is 3.84. The Morgan fingerprint density at radius 1 is 1.08 bits per heavy atom. The van der Waals surface area contributed by atoms with Crippen LogP contribution in [0.1, 0.15) is 19.4 Å². The molecule has 0 saturated carbocycles. The molecule has 2 rings (SSSR count). The minimum Gasteiger partial charge on any atom is -0.376 e. The van der Waals surface area contributed by atoms with Gasteiger partial charge in [-0.2, -0.15) is 0 Å². The van der Waals surface area contributed by atoms with Crippen molar-refractivity contribution in [1.82, 2.24) is 0 Å². The lowest BCUT2D eigenvalue weighted by atomic mass is 10.2. The summed E-state index contributed by atoms with van der Waals surface area (Å²) in [7, 11) is 0. The fourth-order valence-corrected chi connectivity index (χ4v) is 2.75. The minimum atomic E-state index is -0.0896. The molecule has 0 unspecified atom stereocenters. The standard InChI is InChI=1S/C19H24ClN3O/c1-4-23(5-2)17-9-7-16(8-10-17)21-13-19(24)22-18-11-6-15(20)12-14(18)3/h6-12,21H,4-5,13H2,1-3H3,(H,22,24). The number of hydrogen-bond donors (Lipinski definition) is 2. The molecule has 0 fully saturated rings.